The zero-order valence-corrected chi connectivity index (χ0v) is 22.5. The second-order valence-corrected chi connectivity index (χ2v) is 13.0. The molecular weight excluding hydrogens is 533 g/mol. The molecule has 2 aromatic carbocycles. The summed E-state index contributed by atoms with van der Waals surface area (Å²) in [5.74, 6) is -3.12. The monoisotopic (exact) mass is 564 g/mol. The van der Waals surface area contributed by atoms with Gasteiger partial charge < -0.3 is 9.64 Å². The molecule has 1 aliphatic heterocycles. The number of likely N-dealkylation sites (tertiary alicyclic amines) is 1. The number of benzene rings is 2. The summed E-state index contributed by atoms with van der Waals surface area (Å²) in [5, 5.41) is 0. The Bertz CT molecular complexity index is 1370. The number of amides is 2. The number of rotatable bonds is 8. The maximum Gasteiger partial charge on any atom is 0.267 e. The molecule has 0 radical (unpaired) electrons. The van der Waals surface area contributed by atoms with Crippen LogP contribution < -0.4 is 4.72 Å². The molecule has 11 heteroatoms. The van der Waals surface area contributed by atoms with Gasteiger partial charge in [-0.3, -0.25) is 9.59 Å². The topological polar surface area (TPSA) is 92.8 Å². The van der Waals surface area contributed by atoms with Crippen molar-refractivity contribution in [2.24, 2.45) is 11.3 Å². The highest BCUT2D eigenvalue weighted by Gasteiger charge is 2.46. The van der Waals surface area contributed by atoms with Gasteiger partial charge >= 0.3 is 0 Å². The first-order chi connectivity index (χ1) is 18.4. The van der Waals surface area contributed by atoms with E-state index in [0.29, 0.717) is 31.2 Å². The third kappa shape index (κ3) is 6.46. The van der Waals surface area contributed by atoms with Crippen molar-refractivity contribution < 1.29 is 35.9 Å². The fourth-order valence-corrected chi connectivity index (χ4v) is 6.45. The highest BCUT2D eigenvalue weighted by Crippen LogP contribution is 2.52. The summed E-state index contributed by atoms with van der Waals surface area (Å²) in [7, 11) is -3.81. The van der Waals surface area contributed by atoms with Crippen molar-refractivity contribution in [1.29, 1.82) is 0 Å². The summed E-state index contributed by atoms with van der Waals surface area (Å²) in [6, 6.07) is 5.58. The summed E-state index contributed by atoms with van der Waals surface area (Å²) in [5.41, 5.74) is 1.35. The number of nitrogens with zero attached hydrogens (tertiary/aromatic N) is 1. The summed E-state index contributed by atoms with van der Waals surface area (Å²) in [6.45, 7) is 1.78. The lowest BCUT2D eigenvalue weighted by Crippen LogP contribution is -2.49. The molecule has 1 saturated heterocycles. The van der Waals surface area contributed by atoms with Gasteiger partial charge in [-0.15, -0.1) is 0 Å². The first kappa shape index (κ1) is 27.6. The van der Waals surface area contributed by atoms with E-state index in [4.69, 9.17) is 4.74 Å². The number of piperidine rings is 1. The predicted molar refractivity (Wildman–Crippen MR) is 137 cm³/mol. The lowest BCUT2D eigenvalue weighted by molar-refractivity contribution is -0.0491. The number of halogens is 3. The molecule has 2 amide bonds. The van der Waals surface area contributed by atoms with E-state index < -0.39 is 33.4 Å². The van der Waals surface area contributed by atoms with Gasteiger partial charge in [0.15, 0.2) is 0 Å². The minimum absolute atomic E-state index is 0.0226. The van der Waals surface area contributed by atoms with Crippen molar-refractivity contribution >= 4 is 21.8 Å². The molecule has 2 aliphatic carbocycles. The second-order valence-electron chi connectivity index (χ2n) is 11.2. The Morgan fingerprint density at radius 2 is 1.67 bits per heavy atom. The molecule has 7 nitrogen and oxygen atoms in total. The molecule has 1 N–H and O–H groups in total. The van der Waals surface area contributed by atoms with Crippen LogP contribution in [0.2, 0.25) is 0 Å². The molecule has 39 heavy (non-hydrogen) atoms. The summed E-state index contributed by atoms with van der Waals surface area (Å²) in [6.07, 6.45) is 6.24. The van der Waals surface area contributed by atoms with Crippen molar-refractivity contribution in [1.82, 2.24) is 9.62 Å². The van der Waals surface area contributed by atoms with Gasteiger partial charge in [0.05, 0.1) is 18.4 Å². The largest absolute Gasteiger partial charge is 0.376 e. The van der Waals surface area contributed by atoms with Gasteiger partial charge in [-0.1, -0.05) is 0 Å². The number of ether oxygens (including phenoxy) is 1. The molecule has 3 fully saturated rings. The molecule has 0 unspecified atom stereocenters. The van der Waals surface area contributed by atoms with Crippen LogP contribution in [0.5, 0.6) is 0 Å². The molecular formula is C28H31F3N2O5S. The zero-order chi connectivity index (χ0) is 27.9. The van der Waals surface area contributed by atoms with Crippen molar-refractivity contribution in [2.75, 3.05) is 26.0 Å². The van der Waals surface area contributed by atoms with Crippen molar-refractivity contribution in [3.8, 4) is 0 Å². The fourth-order valence-electron chi connectivity index (χ4n) is 6.00. The van der Waals surface area contributed by atoms with Crippen LogP contribution in [0.4, 0.5) is 13.2 Å². The summed E-state index contributed by atoms with van der Waals surface area (Å²) >= 11 is 0. The fraction of sp³-hybridized carbons (Fsp3) is 0.500. The van der Waals surface area contributed by atoms with Crippen molar-refractivity contribution in [2.45, 2.75) is 51.0 Å². The van der Waals surface area contributed by atoms with Gasteiger partial charge in [-0.25, -0.2) is 26.3 Å². The van der Waals surface area contributed by atoms with Crippen LogP contribution in [0.15, 0.2) is 30.3 Å². The minimum Gasteiger partial charge on any atom is -0.376 e. The van der Waals surface area contributed by atoms with Gasteiger partial charge in [0.1, 0.15) is 17.5 Å². The molecule has 2 saturated carbocycles. The molecule has 0 atom stereocenters. The Labute approximate surface area is 225 Å². The molecule has 3 aliphatic rings. The number of nitrogens with one attached hydrogen (secondary N) is 1. The van der Waals surface area contributed by atoms with Gasteiger partial charge in [-0.2, -0.15) is 0 Å². The number of carbonyl (C=O) groups excluding carboxylic acids is 2. The van der Waals surface area contributed by atoms with Gasteiger partial charge in [0.2, 0.25) is 10.0 Å². The number of carbonyl (C=O) groups is 2. The van der Waals surface area contributed by atoms with Crippen LogP contribution in [0.25, 0.3) is 0 Å². The van der Waals surface area contributed by atoms with E-state index in [2.05, 4.69) is 0 Å². The lowest BCUT2D eigenvalue weighted by atomic mass is 9.58. The highest BCUT2D eigenvalue weighted by molar-refractivity contribution is 7.89. The Hall–Kier alpha value is -2.92. The van der Waals surface area contributed by atoms with E-state index in [0.717, 1.165) is 68.5 Å². The molecule has 0 bridgehead atoms. The predicted octanol–water partition coefficient (Wildman–Crippen LogP) is 4.52. The number of sulfonamides is 1. The number of hydrogen-bond acceptors (Lipinski definition) is 5. The molecule has 1 spiro atoms. The smallest absolute Gasteiger partial charge is 0.267 e. The normalized spacial score (nSPS) is 19.1. The number of hydrogen-bond donors (Lipinski definition) is 1. The standard InChI is InChI=1S/C28H31F3N2O5S/c1-39(36,37)32-26(34)24-12-23(18-2-3-18)20(10-25(24)31)16-38-15-17-13-28(14-17)4-6-33(7-5-28)27(35)19-8-21(29)11-22(30)9-19/h8-12,17-18H,2-7,13-16H2,1H3,(H,32,34). The average molecular weight is 565 g/mol. The van der Waals surface area contributed by atoms with Crippen LogP contribution in [0.1, 0.15) is 76.3 Å². The summed E-state index contributed by atoms with van der Waals surface area (Å²) < 4.78 is 72.3. The second kappa shape index (κ2) is 10.6. The Morgan fingerprint density at radius 3 is 2.26 bits per heavy atom. The van der Waals surface area contributed by atoms with Crippen LogP contribution in [-0.4, -0.2) is 51.1 Å². The van der Waals surface area contributed by atoms with Crippen LogP contribution in [0.3, 0.4) is 0 Å². The first-order valence-corrected chi connectivity index (χ1v) is 15.0. The Balaban J connectivity index is 1.11. The SMILES string of the molecule is CS(=O)(=O)NC(=O)c1cc(C2CC2)c(COCC2CC3(CCN(C(=O)c4cc(F)cc(F)c4)CC3)C2)cc1F. The average Bonchev–Trinajstić information content (AvgIpc) is 3.66. The zero-order valence-electron chi connectivity index (χ0n) is 21.6. The van der Waals surface area contributed by atoms with Crippen LogP contribution in [0, 0.1) is 28.8 Å². The van der Waals surface area contributed by atoms with E-state index in [1.54, 1.807) is 4.90 Å². The Kier molecular flexibility index (Phi) is 7.49. The van der Waals surface area contributed by atoms with Crippen LogP contribution in [-0.2, 0) is 21.4 Å². The quantitative estimate of drug-likeness (QED) is 0.509. The third-order valence-corrected chi connectivity index (χ3v) is 8.60. The highest BCUT2D eigenvalue weighted by atomic mass is 32.2. The summed E-state index contributed by atoms with van der Waals surface area (Å²) in [4.78, 5) is 26.6. The van der Waals surface area contributed by atoms with Gasteiger partial charge in [0, 0.05) is 31.3 Å². The maximum absolute atomic E-state index is 14.7. The van der Waals surface area contributed by atoms with Gasteiger partial charge in [0.25, 0.3) is 11.8 Å². The van der Waals surface area contributed by atoms with E-state index in [1.165, 1.54) is 12.1 Å². The molecule has 0 aromatic heterocycles. The van der Waals surface area contributed by atoms with Crippen molar-refractivity contribution in [3.63, 3.8) is 0 Å². The Morgan fingerprint density at radius 1 is 1.03 bits per heavy atom. The lowest BCUT2D eigenvalue weighted by Gasteiger charge is -2.52. The molecule has 1 heterocycles. The molecule has 2 aromatic rings. The van der Waals surface area contributed by atoms with E-state index in [-0.39, 0.29) is 35.0 Å². The van der Waals surface area contributed by atoms with Crippen molar-refractivity contribution in [3.05, 3.63) is 70.0 Å². The third-order valence-electron chi connectivity index (χ3n) is 8.04. The molecule has 210 valence electrons. The molecule has 5 rings (SSSR count). The van der Waals surface area contributed by atoms with E-state index in [1.807, 2.05) is 4.72 Å². The maximum atomic E-state index is 14.7. The van der Waals surface area contributed by atoms with E-state index in [9.17, 15) is 31.2 Å². The minimum atomic E-state index is -3.81. The van der Waals surface area contributed by atoms with Gasteiger partial charge in [-0.05, 0) is 91.2 Å². The van der Waals surface area contributed by atoms with Crippen LogP contribution >= 0.6 is 0 Å². The first-order valence-electron chi connectivity index (χ1n) is 13.1. The van der Waals surface area contributed by atoms with E-state index >= 15 is 0 Å².